The summed E-state index contributed by atoms with van der Waals surface area (Å²) in [5.74, 6) is 1.52. The number of hydrogen-bond acceptors (Lipinski definition) is 2. The molecular weight excluding hydrogens is 212 g/mol. The van der Waals surface area contributed by atoms with Gasteiger partial charge >= 0.3 is 0 Å². The maximum absolute atomic E-state index is 9.23. The molecule has 0 bridgehead atoms. The first-order valence-electron chi connectivity index (χ1n) is 5.64. The summed E-state index contributed by atoms with van der Waals surface area (Å²) in [7, 11) is 0. The number of para-hydroxylation sites is 1. The van der Waals surface area contributed by atoms with Crippen molar-refractivity contribution in [3.05, 3.63) is 59.2 Å². The zero-order valence-electron chi connectivity index (χ0n) is 10.1. The summed E-state index contributed by atoms with van der Waals surface area (Å²) in [6, 6.07) is 13.6. The summed E-state index contributed by atoms with van der Waals surface area (Å²) in [6.45, 7) is 4.07. The largest absolute Gasteiger partial charge is 0.457 e. The van der Waals surface area contributed by atoms with Gasteiger partial charge in [-0.15, -0.1) is 0 Å². The average Bonchev–Trinajstić information content (AvgIpc) is 2.28. The highest BCUT2D eigenvalue weighted by Gasteiger charge is 2.03. The van der Waals surface area contributed by atoms with Crippen LogP contribution in [0.15, 0.2) is 42.5 Å². The van der Waals surface area contributed by atoms with E-state index in [2.05, 4.69) is 6.07 Å². The first-order valence-corrected chi connectivity index (χ1v) is 5.64. The second kappa shape index (κ2) is 5.02. The molecular formula is C15H16O2. The molecule has 0 radical (unpaired) electrons. The first-order chi connectivity index (χ1) is 8.19. The van der Waals surface area contributed by atoms with Crippen LogP contribution in [-0.4, -0.2) is 5.11 Å². The van der Waals surface area contributed by atoms with Gasteiger partial charge < -0.3 is 9.84 Å². The van der Waals surface area contributed by atoms with Crippen LogP contribution >= 0.6 is 0 Å². The van der Waals surface area contributed by atoms with Gasteiger partial charge in [-0.1, -0.05) is 24.3 Å². The minimum absolute atomic E-state index is 0.0129. The Morgan fingerprint density at radius 1 is 1.00 bits per heavy atom. The van der Waals surface area contributed by atoms with Gasteiger partial charge in [0.2, 0.25) is 0 Å². The third kappa shape index (κ3) is 2.86. The number of aryl methyl sites for hydroxylation is 2. The van der Waals surface area contributed by atoms with Crippen LogP contribution < -0.4 is 4.74 Å². The van der Waals surface area contributed by atoms with Crippen LogP contribution in [0.4, 0.5) is 0 Å². The van der Waals surface area contributed by atoms with E-state index in [1.54, 1.807) is 0 Å². The fourth-order valence-electron chi connectivity index (χ4n) is 1.85. The third-order valence-electron chi connectivity index (χ3n) is 2.57. The summed E-state index contributed by atoms with van der Waals surface area (Å²) in [5, 5.41) is 9.23. The highest BCUT2D eigenvalue weighted by atomic mass is 16.5. The molecule has 0 saturated carbocycles. The molecule has 2 nitrogen and oxygen atoms in total. The number of rotatable bonds is 3. The van der Waals surface area contributed by atoms with Crippen LogP contribution in [-0.2, 0) is 6.61 Å². The Balaban J connectivity index is 2.31. The van der Waals surface area contributed by atoms with Crippen LogP contribution in [0, 0.1) is 13.8 Å². The van der Waals surface area contributed by atoms with Crippen molar-refractivity contribution < 1.29 is 9.84 Å². The van der Waals surface area contributed by atoms with Crippen molar-refractivity contribution in [1.29, 1.82) is 0 Å². The SMILES string of the molecule is Cc1cc(C)cc(Oc2ccccc2CO)c1. The van der Waals surface area contributed by atoms with Gasteiger partial charge in [0.15, 0.2) is 0 Å². The molecule has 0 aliphatic carbocycles. The van der Waals surface area contributed by atoms with Crippen molar-refractivity contribution in [2.75, 3.05) is 0 Å². The van der Waals surface area contributed by atoms with Crippen molar-refractivity contribution in [2.45, 2.75) is 20.5 Å². The Morgan fingerprint density at radius 2 is 1.65 bits per heavy atom. The van der Waals surface area contributed by atoms with Crippen molar-refractivity contribution in [2.24, 2.45) is 0 Å². The number of ether oxygens (including phenoxy) is 1. The molecule has 0 aliphatic heterocycles. The number of benzene rings is 2. The normalized spacial score (nSPS) is 10.3. The molecule has 17 heavy (non-hydrogen) atoms. The topological polar surface area (TPSA) is 29.5 Å². The molecule has 0 aliphatic rings. The second-order valence-electron chi connectivity index (χ2n) is 4.19. The highest BCUT2D eigenvalue weighted by molar-refractivity contribution is 5.40. The fourth-order valence-corrected chi connectivity index (χ4v) is 1.85. The standard InChI is InChI=1S/C15H16O2/c1-11-7-12(2)9-14(8-11)17-15-6-4-3-5-13(15)10-16/h3-9,16H,10H2,1-2H3. The number of hydrogen-bond donors (Lipinski definition) is 1. The lowest BCUT2D eigenvalue weighted by atomic mass is 10.1. The molecule has 88 valence electrons. The smallest absolute Gasteiger partial charge is 0.132 e. The molecule has 2 heteroatoms. The van der Waals surface area contributed by atoms with E-state index in [0.29, 0.717) is 5.75 Å². The first kappa shape index (κ1) is 11.7. The minimum Gasteiger partial charge on any atom is -0.457 e. The van der Waals surface area contributed by atoms with Crippen LogP contribution in [0.2, 0.25) is 0 Å². The van der Waals surface area contributed by atoms with Gasteiger partial charge in [0, 0.05) is 5.56 Å². The van der Waals surface area contributed by atoms with Gasteiger partial charge in [0.1, 0.15) is 11.5 Å². The zero-order chi connectivity index (χ0) is 12.3. The van der Waals surface area contributed by atoms with Crippen molar-refractivity contribution in [1.82, 2.24) is 0 Å². The molecule has 2 rings (SSSR count). The molecule has 0 heterocycles. The van der Waals surface area contributed by atoms with Crippen molar-refractivity contribution in [3.8, 4) is 11.5 Å². The summed E-state index contributed by atoms with van der Waals surface area (Å²) in [6.07, 6.45) is 0. The Hall–Kier alpha value is -1.80. The van der Waals surface area contributed by atoms with Crippen molar-refractivity contribution in [3.63, 3.8) is 0 Å². The minimum atomic E-state index is -0.0129. The van der Waals surface area contributed by atoms with E-state index in [1.165, 1.54) is 11.1 Å². The molecule has 0 atom stereocenters. The molecule has 0 fully saturated rings. The molecule has 2 aromatic rings. The molecule has 0 saturated heterocycles. The summed E-state index contributed by atoms with van der Waals surface area (Å²) in [4.78, 5) is 0. The zero-order valence-corrected chi connectivity index (χ0v) is 10.1. The summed E-state index contributed by atoms with van der Waals surface area (Å²) in [5.41, 5.74) is 3.13. The Bertz CT molecular complexity index is 498. The lowest BCUT2D eigenvalue weighted by molar-refractivity contribution is 0.276. The van der Waals surface area contributed by atoms with E-state index in [4.69, 9.17) is 4.74 Å². The lowest BCUT2D eigenvalue weighted by Gasteiger charge is -2.10. The molecule has 0 aromatic heterocycles. The third-order valence-corrected chi connectivity index (χ3v) is 2.57. The van der Waals surface area contributed by atoms with Crippen LogP contribution in [0.3, 0.4) is 0 Å². The fraction of sp³-hybridized carbons (Fsp3) is 0.200. The Labute approximate surface area is 101 Å². The number of aliphatic hydroxyl groups is 1. The average molecular weight is 228 g/mol. The van der Waals surface area contributed by atoms with Gasteiger partial charge in [0.25, 0.3) is 0 Å². The molecule has 0 spiro atoms. The van der Waals surface area contributed by atoms with E-state index in [0.717, 1.165) is 11.3 Å². The van der Waals surface area contributed by atoms with Crippen LogP contribution in [0.5, 0.6) is 11.5 Å². The number of aliphatic hydroxyl groups excluding tert-OH is 1. The Kier molecular flexibility index (Phi) is 3.45. The van der Waals surface area contributed by atoms with Gasteiger partial charge in [-0.05, 0) is 43.2 Å². The van der Waals surface area contributed by atoms with Gasteiger partial charge in [0.05, 0.1) is 6.61 Å². The molecule has 2 aromatic carbocycles. The van der Waals surface area contributed by atoms with Crippen LogP contribution in [0.1, 0.15) is 16.7 Å². The lowest BCUT2D eigenvalue weighted by Crippen LogP contribution is -1.92. The van der Waals surface area contributed by atoms with E-state index in [-0.39, 0.29) is 6.61 Å². The van der Waals surface area contributed by atoms with E-state index < -0.39 is 0 Å². The molecule has 1 N–H and O–H groups in total. The molecule has 0 unspecified atom stereocenters. The predicted molar refractivity (Wildman–Crippen MR) is 68.4 cm³/mol. The van der Waals surface area contributed by atoms with E-state index in [9.17, 15) is 5.11 Å². The van der Waals surface area contributed by atoms with Crippen LogP contribution in [0.25, 0.3) is 0 Å². The maximum Gasteiger partial charge on any atom is 0.132 e. The highest BCUT2D eigenvalue weighted by Crippen LogP contribution is 2.26. The second-order valence-corrected chi connectivity index (χ2v) is 4.19. The van der Waals surface area contributed by atoms with Crippen molar-refractivity contribution >= 4 is 0 Å². The summed E-state index contributed by atoms with van der Waals surface area (Å²) < 4.78 is 5.80. The van der Waals surface area contributed by atoms with Gasteiger partial charge in [-0.2, -0.15) is 0 Å². The maximum atomic E-state index is 9.23. The van der Waals surface area contributed by atoms with E-state index >= 15 is 0 Å². The van der Waals surface area contributed by atoms with E-state index in [1.807, 2.05) is 50.2 Å². The summed E-state index contributed by atoms with van der Waals surface area (Å²) >= 11 is 0. The van der Waals surface area contributed by atoms with Gasteiger partial charge in [-0.25, -0.2) is 0 Å². The predicted octanol–water partition coefficient (Wildman–Crippen LogP) is 3.59. The van der Waals surface area contributed by atoms with Gasteiger partial charge in [-0.3, -0.25) is 0 Å². The molecule has 0 amide bonds. The Morgan fingerprint density at radius 3 is 2.29 bits per heavy atom. The monoisotopic (exact) mass is 228 g/mol. The quantitative estimate of drug-likeness (QED) is 0.870.